The summed E-state index contributed by atoms with van der Waals surface area (Å²) in [7, 11) is 0. The SMILES string of the molecule is CCCNC(CCc1cccs1)c1ccc(C)cc1C. The highest BCUT2D eigenvalue weighted by molar-refractivity contribution is 7.09. The lowest BCUT2D eigenvalue weighted by atomic mass is 9.95. The van der Waals surface area contributed by atoms with Crippen LogP contribution in [-0.2, 0) is 6.42 Å². The summed E-state index contributed by atoms with van der Waals surface area (Å²) in [6.45, 7) is 7.71. The summed E-state index contributed by atoms with van der Waals surface area (Å²) in [6.07, 6.45) is 3.51. The lowest BCUT2D eigenvalue weighted by molar-refractivity contribution is 0.499. The smallest absolute Gasteiger partial charge is 0.0326 e. The number of benzene rings is 1. The molecule has 2 rings (SSSR count). The number of nitrogens with one attached hydrogen (secondary N) is 1. The van der Waals surface area contributed by atoms with Crippen molar-refractivity contribution in [3.05, 3.63) is 57.3 Å². The van der Waals surface area contributed by atoms with Gasteiger partial charge in [-0.2, -0.15) is 0 Å². The molecule has 1 heterocycles. The van der Waals surface area contributed by atoms with E-state index in [-0.39, 0.29) is 0 Å². The fourth-order valence-corrected chi connectivity index (χ4v) is 3.37. The van der Waals surface area contributed by atoms with E-state index in [0.717, 1.165) is 13.0 Å². The lowest BCUT2D eigenvalue weighted by Gasteiger charge is -2.21. The topological polar surface area (TPSA) is 12.0 Å². The second-order valence-corrected chi connectivity index (χ2v) is 6.52. The Balaban J connectivity index is 2.09. The zero-order valence-electron chi connectivity index (χ0n) is 12.8. The van der Waals surface area contributed by atoms with Crippen molar-refractivity contribution in [1.29, 1.82) is 0 Å². The van der Waals surface area contributed by atoms with Crippen molar-refractivity contribution >= 4 is 11.3 Å². The Bertz CT molecular complexity index is 516. The summed E-state index contributed by atoms with van der Waals surface area (Å²) >= 11 is 1.86. The van der Waals surface area contributed by atoms with E-state index in [9.17, 15) is 0 Å². The first-order chi connectivity index (χ1) is 9.70. The van der Waals surface area contributed by atoms with Gasteiger partial charge in [0, 0.05) is 10.9 Å². The van der Waals surface area contributed by atoms with Crippen molar-refractivity contribution in [2.75, 3.05) is 6.54 Å². The van der Waals surface area contributed by atoms with E-state index in [4.69, 9.17) is 0 Å². The van der Waals surface area contributed by atoms with Crippen LogP contribution in [0.3, 0.4) is 0 Å². The van der Waals surface area contributed by atoms with Crippen LogP contribution in [0.4, 0.5) is 0 Å². The molecule has 108 valence electrons. The van der Waals surface area contributed by atoms with Crippen LogP contribution in [0, 0.1) is 13.8 Å². The normalized spacial score (nSPS) is 12.6. The maximum Gasteiger partial charge on any atom is 0.0326 e. The van der Waals surface area contributed by atoms with Gasteiger partial charge < -0.3 is 5.32 Å². The predicted octanol–water partition coefficient (Wildman–Crippen LogP) is 5.04. The first kappa shape index (κ1) is 15.3. The highest BCUT2D eigenvalue weighted by atomic mass is 32.1. The summed E-state index contributed by atoms with van der Waals surface area (Å²) < 4.78 is 0. The quantitative estimate of drug-likeness (QED) is 0.752. The molecule has 0 saturated heterocycles. The van der Waals surface area contributed by atoms with Crippen molar-refractivity contribution in [1.82, 2.24) is 5.32 Å². The van der Waals surface area contributed by atoms with Crippen LogP contribution in [0.5, 0.6) is 0 Å². The first-order valence-electron chi connectivity index (χ1n) is 7.53. The Morgan fingerprint density at radius 1 is 1.20 bits per heavy atom. The molecule has 0 radical (unpaired) electrons. The highest BCUT2D eigenvalue weighted by Crippen LogP contribution is 2.24. The van der Waals surface area contributed by atoms with E-state index in [1.807, 2.05) is 11.3 Å². The zero-order valence-corrected chi connectivity index (χ0v) is 13.6. The van der Waals surface area contributed by atoms with Gasteiger partial charge in [0.25, 0.3) is 0 Å². The molecular weight excluding hydrogens is 262 g/mol. The van der Waals surface area contributed by atoms with Crippen LogP contribution < -0.4 is 5.32 Å². The van der Waals surface area contributed by atoms with Crippen LogP contribution in [0.15, 0.2) is 35.7 Å². The molecule has 1 aromatic carbocycles. The van der Waals surface area contributed by atoms with Crippen LogP contribution in [0.1, 0.15) is 47.4 Å². The van der Waals surface area contributed by atoms with Crippen molar-refractivity contribution in [2.24, 2.45) is 0 Å². The molecule has 0 aliphatic rings. The third-order valence-electron chi connectivity index (χ3n) is 3.70. The van der Waals surface area contributed by atoms with Crippen molar-refractivity contribution < 1.29 is 0 Å². The molecule has 0 amide bonds. The predicted molar refractivity (Wildman–Crippen MR) is 89.6 cm³/mol. The summed E-state index contributed by atoms with van der Waals surface area (Å²) in [6, 6.07) is 11.7. The molecule has 2 aromatic rings. The van der Waals surface area contributed by atoms with Gasteiger partial charge in [-0.1, -0.05) is 36.8 Å². The van der Waals surface area contributed by atoms with Crippen LogP contribution in [0.25, 0.3) is 0 Å². The first-order valence-corrected chi connectivity index (χ1v) is 8.41. The van der Waals surface area contributed by atoms with Crippen LogP contribution in [0.2, 0.25) is 0 Å². The summed E-state index contributed by atoms with van der Waals surface area (Å²) in [5, 5.41) is 5.88. The van der Waals surface area contributed by atoms with E-state index >= 15 is 0 Å². The van der Waals surface area contributed by atoms with Gasteiger partial charge in [0.05, 0.1) is 0 Å². The maximum absolute atomic E-state index is 3.71. The standard InChI is InChI=1S/C18H25NS/c1-4-11-19-18(10-8-16-6-5-12-20-16)17-9-7-14(2)13-15(17)3/h5-7,9,12-13,18-19H,4,8,10-11H2,1-3H3. The van der Waals surface area contributed by atoms with Gasteiger partial charge in [0.1, 0.15) is 0 Å². The molecule has 0 aliphatic carbocycles. The fraction of sp³-hybridized carbons (Fsp3) is 0.444. The van der Waals surface area contributed by atoms with E-state index in [0.29, 0.717) is 6.04 Å². The molecule has 0 bridgehead atoms. The third kappa shape index (κ3) is 4.19. The molecule has 20 heavy (non-hydrogen) atoms. The second-order valence-electron chi connectivity index (χ2n) is 5.48. The Kier molecular flexibility index (Phi) is 5.81. The molecule has 0 fully saturated rings. The minimum atomic E-state index is 0.470. The van der Waals surface area contributed by atoms with Crippen LogP contribution in [-0.4, -0.2) is 6.54 Å². The minimum Gasteiger partial charge on any atom is -0.310 e. The van der Waals surface area contributed by atoms with E-state index < -0.39 is 0 Å². The van der Waals surface area contributed by atoms with Crippen LogP contribution >= 0.6 is 11.3 Å². The van der Waals surface area contributed by atoms with Crippen molar-refractivity contribution in [2.45, 2.75) is 46.1 Å². The Morgan fingerprint density at radius 2 is 2.05 bits per heavy atom. The van der Waals surface area contributed by atoms with Crippen molar-refractivity contribution in [3.63, 3.8) is 0 Å². The zero-order chi connectivity index (χ0) is 14.4. The van der Waals surface area contributed by atoms with Gasteiger partial charge in [-0.3, -0.25) is 0 Å². The molecule has 0 saturated carbocycles. The molecule has 1 aromatic heterocycles. The van der Waals surface area contributed by atoms with Crippen molar-refractivity contribution in [3.8, 4) is 0 Å². The Morgan fingerprint density at radius 3 is 2.70 bits per heavy atom. The molecule has 1 atom stereocenters. The fourth-order valence-electron chi connectivity index (χ4n) is 2.64. The number of hydrogen-bond donors (Lipinski definition) is 1. The molecule has 0 aliphatic heterocycles. The Labute approximate surface area is 127 Å². The summed E-state index contributed by atoms with van der Waals surface area (Å²) in [4.78, 5) is 1.48. The Hall–Kier alpha value is -1.12. The van der Waals surface area contributed by atoms with Gasteiger partial charge >= 0.3 is 0 Å². The lowest BCUT2D eigenvalue weighted by Crippen LogP contribution is -2.23. The molecule has 1 N–H and O–H groups in total. The van der Waals surface area contributed by atoms with Gasteiger partial charge in [0.2, 0.25) is 0 Å². The van der Waals surface area contributed by atoms with E-state index in [2.05, 4.69) is 61.8 Å². The van der Waals surface area contributed by atoms with Gasteiger partial charge in [-0.05, 0) is 62.2 Å². The minimum absolute atomic E-state index is 0.470. The third-order valence-corrected chi connectivity index (χ3v) is 4.64. The largest absolute Gasteiger partial charge is 0.310 e. The number of aryl methyl sites for hydroxylation is 3. The number of rotatable bonds is 7. The summed E-state index contributed by atoms with van der Waals surface area (Å²) in [5.74, 6) is 0. The number of hydrogen-bond acceptors (Lipinski definition) is 2. The molecule has 2 heteroatoms. The molecule has 0 spiro atoms. The molecule has 1 unspecified atom stereocenters. The van der Waals surface area contributed by atoms with E-state index in [1.54, 1.807) is 0 Å². The highest BCUT2D eigenvalue weighted by Gasteiger charge is 2.13. The maximum atomic E-state index is 3.71. The van der Waals surface area contributed by atoms with Gasteiger partial charge in [0.15, 0.2) is 0 Å². The monoisotopic (exact) mass is 287 g/mol. The molecular formula is C18H25NS. The number of thiophene rings is 1. The molecule has 1 nitrogen and oxygen atoms in total. The second kappa shape index (κ2) is 7.61. The van der Waals surface area contributed by atoms with Gasteiger partial charge in [-0.15, -0.1) is 11.3 Å². The average molecular weight is 287 g/mol. The average Bonchev–Trinajstić information content (AvgIpc) is 2.93. The van der Waals surface area contributed by atoms with Gasteiger partial charge in [-0.25, -0.2) is 0 Å². The van der Waals surface area contributed by atoms with E-state index in [1.165, 1.54) is 34.4 Å². The summed E-state index contributed by atoms with van der Waals surface area (Å²) in [5.41, 5.74) is 4.21.